The molecule has 1 heterocycles. The van der Waals surface area contributed by atoms with Gasteiger partial charge in [0.15, 0.2) is 0 Å². The SMILES string of the molecule is Cc1ccccc1C(=O)N1CCCC1C(C)(C)O. The van der Waals surface area contributed by atoms with Gasteiger partial charge in [0.2, 0.25) is 0 Å². The summed E-state index contributed by atoms with van der Waals surface area (Å²) in [6.07, 6.45) is 1.84. The molecule has 1 unspecified atom stereocenters. The summed E-state index contributed by atoms with van der Waals surface area (Å²) < 4.78 is 0. The molecule has 98 valence electrons. The fourth-order valence-corrected chi connectivity index (χ4v) is 2.71. The van der Waals surface area contributed by atoms with Crippen LogP contribution in [-0.4, -0.2) is 34.1 Å². The van der Waals surface area contributed by atoms with E-state index < -0.39 is 5.60 Å². The topological polar surface area (TPSA) is 40.5 Å². The fourth-order valence-electron chi connectivity index (χ4n) is 2.71. The summed E-state index contributed by atoms with van der Waals surface area (Å²) in [6, 6.07) is 7.54. The van der Waals surface area contributed by atoms with Gasteiger partial charge in [-0.25, -0.2) is 0 Å². The Bertz CT molecular complexity index is 448. The average Bonchev–Trinajstić information content (AvgIpc) is 2.77. The third-order valence-electron chi connectivity index (χ3n) is 3.70. The lowest BCUT2D eigenvalue weighted by Gasteiger charge is -2.34. The van der Waals surface area contributed by atoms with Crippen molar-refractivity contribution in [1.29, 1.82) is 0 Å². The first-order chi connectivity index (χ1) is 8.41. The van der Waals surface area contributed by atoms with Crippen LogP contribution in [-0.2, 0) is 0 Å². The van der Waals surface area contributed by atoms with E-state index in [9.17, 15) is 9.90 Å². The number of amides is 1. The molecule has 3 heteroatoms. The van der Waals surface area contributed by atoms with Crippen LogP contribution >= 0.6 is 0 Å². The summed E-state index contributed by atoms with van der Waals surface area (Å²) in [5, 5.41) is 10.2. The Kier molecular flexibility index (Phi) is 3.44. The number of rotatable bonds is 2. The molecule has 1 aliphatic heterocycles. The third-order valence-corrected chi connectivity index (χ3v) is 3.70. The van der Waals surface area contributed by atoms with Crippen molar-refractivity contribution < 1.29 is 9.90 Å². The predicted octanol–water partition coefficient (Wildman–Crippen LogP) is 2.37. The van der Waals surface area contributed by atoms with Crippen LogP contribution in [0.2, 0.25) is 0 Å². The van der Waals surface area contributed by atoms with Crippen LogP contribution in [0, 0.1) is 6.92 Å². The maximum Gasteiger partial charge on any atom is 0.254 e. The van der Waals surface area contributed by atoms with E-state index in [2.05, 4.69) is 0 Å². The molecule has 1 amide bonds. The molecule has 1 atom stereocenters. The molecule has 2 rings (SSSR count). The van der Waals surface area contributed by atoms with Crippen LogP contribution < -0.4 is 0 Å². The second-order valence-corrected chi connectivity index (χ2v) is 5.63. The highest BCUT2D eigenvalue weighted by molar-refractivity contribution is 5.96. The van der Waals surface area contributed by atoms with Gasteiger partial charge in [-0.2, -0.15) is 0 Å². The lowest BCUT2D eigenvalue weighted by atomic mass is 9.96. The molecule has 18 heavy (non-hydrogen) atoms. The Hall–Kier alpha value is -1.35. The van der Waals surface area contributed by atoms with Gasteiger partial charge in [-0.05, 0) is 45.2 Å². The molecule has 1 N–H and O–H groups in total. The summed E-state index contributed by atoms with van der Waals surface area (Å²) in [5.41, 5.74) is 0.895. The Balaban J connectivity index is 2.27. The molecule has 1 saturated heterocycles. The van der Waals surface area contributed by atoms with Crippen LogP contribution in [0.25, 0.3) is 0 Å². The molecule has 1 aromatic rings. The van der Waals surface area contributed by atoms with E-state index in [4.69, 9.17) is 0 Å². The summed E-state index contributed by atoms with van der Waals surface area (Å²) in [5.74, 6) is 0.0396. The van der Waals surface area contributed by atoms with Crippen molar-refractivity contribution in [3.05, 3.63) is 35.4 Å². The molecule has 1 fully saturated rings. The van der Waals surface area contributed by atoms with Crippen LogP contribution in [0.5, 0.6) is 0 Å². The molecular formula is C15H21NO2. The number of aryl methyl sites for hydroxylation is 1. The van der Waals surface area contributed by atoms with E-state index in [-0.39, 0.29) is 11.9 Å². The lowest BCUT2D eigenvalue weighted by molar-refractivity contribution is 0.000304. The van der Waals surface area contributed by atoms with Crippen molar-refractivity contribution >= 4 is 5.91 Å². The Morgan fingerprint density at radius 3 is 2.67 bits per heavy atom. The first kappa shape index (κ1) is 13.1. The molecule has 1 aromatic carbocycles. The van der Waals surface area contributed by atoms with Crippen LogP contribution in [0.1, 0.15) is 42.6 Å². The second-order valence-electron chi connectivity index (χ2n) is 5.63. The maximum atomic E-state index is 12.5. The minimum atomic E-state index is -0.838. The molecule has 0 aromatic heterocycles. The molecular weight excluding hydrogens is 226 g/mol. The summed E-state index contributed by atoms with van der Waals surface area (Å²) in [4.78, 5) is 14.4. The third kappa shape index (κ3) is 2.41. The predicted molar refractivity (Wildman–Crippen MR) is 71.5 cm³/mol. The Morgan fingerprint density at radius 1 is 1.39 bits per heavy atom. The van der Waals surface area contributed by atoms with E-state index >= 15 is 0 Å². The minimum absolute atomic E-state index is 0.0396. The molecule has 0 radical (unpaired) electrons. The van der Waals surface area contributed by atoms with Crippen molar-refractivity contribution in [2.24, 2.45) is 0 Å². The zero-order valence-electron chi connectivity index (χ0n) is 11.3. The van der Waals surface area contributed by atoms with Crippen LogP contribution in [0.15, 0.2) is 24.3 Å². The number of hydrogen-bond donors (Lipinski definition) is 1. The Labute approximate surface area is 108 Å². The number of nitrogens with zero attached hydrogens (tertiary/aromatic N) is 1. The molecule has 0 bridgehead atoms. The van der Waals surface area contributed by atoms with Gasteiger partial charge in [0.05, 0.1) is 11.6 Å². The van der Waals surface area contributed by atoms with Crippen molar-refractivity contribution in [2.45, 2.75) is 45.3 Å². The molecule has 0 spiro atoms. The van der Waals surface area contributed by atoms with Crippen molar-refractivity contribution in [3.8, 4) is 0 Å². The second kappa shape index (κ2) is 4.73. The number of hydrogen-bond acceptors (Lipinski definition) is 2. The highest BCUT2D eigenvalue weighted by Crippen LogP contribution is 2.28. The van der Waals surface area contributed by atoms with Crippen molar-refractivity contribution in [2.75, 3.05) is 6.54 Å². The first-order valence-corrected chi connectivity index (χ1v) is 6.50. The smallest absolute Gasteiger partial charge is 0.254 e. The zero-order chi connectivity index (χ0) is 13.3. The van der Waals surface area contributed by atoms with Crippen LogP contribution in [0.4, 0.5) is 0 Å². The van der Waals surface area contributed by atoms with Gasteiger partial charge in [0.1, 0.15) is 0 Å². The standard InChI is InChI=1S/C15H21NO2/c1-11-7-4-5-8-12(11)14(17)16-10-6-9-13(16)15(2,3)18/h4-5,7-8,13,18H,6,9-10H2,1-3H3. The van der Waals surface area contributed by atoms with Gasteiger partial charge in [0.25, 0.3) is 5.91 Å². The number of carbonyl (C=O) groups is 1. The number of aliphatic hydroxyl groups is 1. The normalized spacial score (nSPS) is 20.2. The first-order valence-electron chi connectivity index (χ1n) is 6.50. The van der Waals surface area contributed by atoms with Crippen molar-refractivity contribution in [3.63, 3.8) is 0 Å². The van der Waals surface area contributed by atoms with E-state index in [1.54, 1.807) is 13.8 Å². The van der Waals surface area contributed by atoms with Gasteiger partial charge in [0, 0.05) is 12.1 Å². The van der Waals surface area contributed by atoms with Crippen LogP contribution in [0.3, 0.4) is 0 Å². The lowest BCUT2D eigenvalue weighted by Crippen LogP contribution is -2.48. The average molecular weight is 247 g/mol. The number of likely N-dealkylation sites (tertiary alicyclic amines) is 1. The highest BCUT2D eigenvalue weighted by atomic mass is 16.3. The van der Waals surface area contributed by atoms with Crippen molar-refractivity contribution in [1.82, 2.24) is 4.90 Å². The fraction of sp³-hybridized carbons (Fsp3) is 0.533. The monoisotopic (exact) mass is 247 g/mol. The number of benzene rings is 1. The van der Waals surface area contributed by atoms with E-state index in [0.717, 1.165) is 30.5 Å². The summed E-state index contributed by atoms with van der Waals surface area (Å²) >= 11 is 0. The molecule has 0 aliphatic carbocycles. The van der Waals surface area contributed by atoms with E-state index in [1.807, 2.05) is 36.1 Å². The summed E-state index contributed by atoms with van der Waals surface area (Å²) in [6.45, 7) is 6.24. The molecule has 3 nitrogen and oxygen atoms in total. The number of carbonyl (C=O) groups excluding carboxylic acids is 1. The molecule has 1 aliphatic rings. The van der Waals surface area contributed by atoms with Gasteiger partial charge >= 0.3 is 0 Å². The molecule has 0 saturated carbocycles. The summed E-state index contributed by atoms with van der Waals surface area (Å²) in [7, 11) is 0. The van der Waals surface area contributed by atoms with E-state index in [0.29, 0.717) is 0 Å². The Morgan fingerprint density at radius 2 is 2.06 bits per heavy atom. The minimum Gasteiger partial charge on any atom is -0.388 e. The van der Waals surface area contributed by atoms with E-state index in [1.165, 1.54) is 0 Å². The zero-order valence-corrected chi connectivity index (χ0v) is 11.3. The van der Waals surface area contributed by atoms with Gasteiger partial charge in [-0.1, -0.05) is 18.2 Å². The van der Waals surface area contributed by atoms with Gasteiger partial charge < -0.3 is 10.0 Å². The highest BCUT2D eigenvalue weighted by Gasteiger charge is 2.38. The largest absolute Gasteiger partial charge is 0.388 e. The maximum absolute atomic E-state index is 12.5. The van der Waals surface area contributed by atoms with Gasteiger partial charge in [-0.15, -0.1) is 0 Å². The quantitative estimate of drug-likeness (QED) is 0.871. The van der Waals surface area contributed by atoms with Gasteiger partial charge in [-0.3, -0.25) is 4.79 Å².